The molecule has 6 nitrogen and oxygen atoms in total. The van der Waals surface area contributed by atoms with Crippen LogP contribution in [0.2, 0.25) is 0 Å². The summed E-state index contributed by atoms with van der Waals surface area (Å²) in [6.45, 7) is 0.566. The number of nitrogens with zero attached hydrogens (tertiary/aromatic N) is 3. The first-order valence-electron chi connectivity index (χ1n) is 9.71. The minimum atomic E-state index is -0.102. The third kappa shape index (κ3) is 3.56. The van der Waals surface area contributed by atoms with Crippen molar-refractivity contribution in [1.29, 1.82) is 0 Å². The molecule has 2 aromatic heterocycles. The molecular weight excluding hydrogens is 376 g/mol. The van der Waals surface area contributed by atoms with Crippen molar-refractivity contribution in [1.82, 2.24) is 19.7 Å². The van der Waals surface area contributed by atoms with Gasteiger partial charge in [0.1, 0.15) is 17.8 Å². The van der Waals surface area contributed by atoms with Gasteiger partial charge in [-0.1, -0.05) is 42.5 Å². The monoisotopic (exact) mass is 396 g/mol. The Balaban J connectivity index is 1.40. The molecule has 0 saturated carbocycles. The van der Waals surface area contributed by atoms with Gasteiger partial charge in [-0.15, -0.1) is 0 Å². The van der Waals surface area contributed by atoms with Crippen LogP contribution >= 0.6 is 0 Å². The molecule has 0 amide bonds. The zero-order chi connectivity index (χ0) is 20.3. The molecule has 30 heavy (non-hydrogen) atoms. The van der Waals surface area contributed by atoms with Gasteiger partial charge in [-0.05, 0) is 35.9 Å². The molecule has 0 aliphatic carbocycles. The molecular formula is C24H20N4O2. The number of aliphatic hydroxyl groups is 1. The molecule has 2 N–H and O–H groups in total. The topological polar surface area (TPSA) is 76.0 Å². The Bertz CT molecular complexity index is 1290. The van der Waals surface area contributed by atoms with E-state index in [2.05, 4.69) is 27.2 Å². The number of benzene rings is 3. The summed E-state index contributed by atoms with van der Waals surface area (Å²) in [5.41, 5.74) is 3.76. The number of aromatic nitrogens is 4. The van der Waals surface area contributed by atoms with Gasteiger partial charge in [0.15, 0.2) is 5.82 Å². The minimum Gasteiger partial charge on any atom is -0.457 e. The SMILES string of the molecule is OCc1c(Oc2cccc(-c3ncn(Cc4ccccc4)n3)c2)ccc2[nH]ccc12. The Hall–Kier alpha value is -3.90. The minimum absolute atomic E-state index is 0.102. The van der Waals surface area contributed by atoms with E-state index in [4.69, 9.17) is 4.74 Å². The predicted molar refractivity (Wildman–Crippen MR) is 115 cm³/mol. The second-order valence-electron chi connectivity index (χ2n) is 7.02. The maximum atomic E-state index is 9.85. The first kappa shape index (κ1) is 18.1. The van der Waals surface area contributed by atoms with Crippen LogP contribution in [-0.4, -0.2) is 24.9 Å². The predicted octanol–water partition coefficient (Wildman–Crippen LogP) is 4.76. The summed E-state index contributed by atoms with van der Waals surface area (Å²) in [6, 6.07) is 23.6. The molecule has 0 bridgehead atoms. The van der Waals surface area contributed by atoms with Gasteiger partial charge in [0, 0.05) is 28.2 Å². The van der Waals surface area contributed by atoms with E-state index < -0.39 is 0 Å². The van der Waals surface area contributed by atoms with Crippen molar-refractivity contribution in [3.05, 3.63) is 96.4 Å². The normalized spacial score (nSPS) is 11.1. The van der Waals surface area contributed by atoms with E-state index in [1.807, 2.05) is 71.5 Å². The van der Waals surface area contributed by atoms with Gasteiger partial charge >= 0.3 is 0 Å². The maximum Gasteiger partial charge on any atom is 0.181 e. The summed E-state index contributed by atoms with van der Waals surface area (Å²) in [4.78, 5) is 7.60. The highest BCUT2D eigenvalue weighted by Crippen LogP contribution is 2.32. The fourth-order valence-electron chi connectivity index (χ4n) is 3.53. The van der Waals surface area contributed by atoms with Crippen molar-refractivity contribution >= 4 is 10.9 Å². The number of aromatic amines is 1. The Morgan fingerprint density at radius 1 is 0.967 bits per heavy atom. The molecule has 148 valence electrons. The molecule has 3 aromatic carbocycles. The van der Waals surface area contributed by atoms with Crippen molar-refractivity contribution in [2.24, 2.45) is 0 Å². The maximum absolute atomic E-state index is 9.85. The smallest absolute Gasteiger partial charge is 0.181 e. The Morgan fingerprint density at radius 2 is 1.87 bits per heavy atom. The van der Waals surface area contributed by atoms with Gasteiger partial charge in [-0.2, -0.15) is 5.10 Å². The van der Waals surface area contributed by atoms with Crippen molar-refractivity contribution in [2.75, 3.05) is 0 Å². The standard InChI is InChI=1S/C24H20N4O2/c29-15-21-20-11-12-25-22(20)9-10-23(21)30-19-8-4-7-18(13-19)24-26-16-28(27-24)14-17-5-2-1-3-6-17/h1-13,16,25,29H,14-15H2. The van der Waals surface area contributed by atoms with Crippen LogP contribution in [0.4, 0.5) is 0 Å². The molecule has 0 saturated heterocycles. The lowest BCUT2D eigenvalue weighted by Gasteiger charge is -2.11. The molecule has 5 aromatic rings. The van der Waals surface area contributed by atoms with E-state index in [-0.39, 0.29) is 6.61 Å². The summed E-state index contributed by atoms with van der Waals surface area (Å²) in [7, 11) is 0. The Kier molecular flexibility index (Phi) is 4.75. The van der Waals surface area contributed by atoms with E-state index in [0.717, 1.165) is 22.0 Å². The Morgan fingerprint density at radius 3 is 2.73 bits per heavy atom. The second kappa shape index (κ2) is 7.85. The average molecular weight is 396 g/mol. The zero-order valence-corrected chi connectivity index (χ0v) is 16.2. The lowest BCUT2D eigenvalue weighted by atomic mass is 10.1. The highest BCUT2D eigenvalue weighted by Gasteiger charge is 2.11. The molecule has 5 rings (SSSR count). The highest BCUT2D eigenvalue weighted by molar-refractivity contribution is 5.85. The van der Waals surface area contributed by atoms with Crippen LogP contribution in [0.5, 0.6) is 11.5 Å². The fraction of sp³-hybridized carbons (Fsp3) is 0.0833. The lowest BCUT2D eigenvalue weighted by molar-refractivity contribution is 0.278. The Labute approximate surface area is 173 Å². The molecule has 2 heterocycles. The van der Waals surface area contributed by atoms with E-state index in [9.17, 15) is 5.11 Å². The number of ether oxygens (including phenoxy) is 1. The van der Waals surface area contributed by atoms with Gasteiger partial charge in [-0.25, -0.2) is 9.67 Å². The van der Waals surface area contributed by atoms with Crippen LogP contribution < -0.4 is 4.74 Å². The van der Waals surface area contributed by atoms with E-state index in [0.29, 0.717) is 23.9 Å². The number of aliphatic hydroxyl groups excluding tert-OH is 1. The van der Waals surface area contributed by atoms with E-state index >= 15 is 0 Å². The lowest BCUT2D eigenvalue weighted by Crippen LogP contribution is -2.00. The molecule has 0 spiro atoms. The van der Waals surface area contributed by atoms with Crippen LogP contribution in [0, 0.1) is 0 Å². The quantitative estimate of drug-likeness (QED) is 0.434. The first-order valence-corrected chi connectivity index (χ1v) is 9.71. The second-order valence-corrected chi connectivity index (χ2v) is 7.02. The van der Waals surface area contributed by atoms with Gasteiger partial charge < -0.3 is 14.8 Å². The largest absolute Gasteiger partial charge is 0.457 e. The summed E-state index contributed by atoms with van der Waals surface area (Å²) in [5, 5.41) is 15.4. The van der Waals surface area contributed by atoms with Gasteiger partial charge in [-0.3, -0.25) is 0 Å². The molecule has 0 unspecified atom stereocenters. The molecule has 0 radical (unpaired) electrons. The highest BCUT2D eigenvalue weighted by atomic mass is 16.5. The van der Waals surface area contributed by atoms with Crippen molar-refractivity contribution in [3.63, 3.8) is 0 Å². The number of hydrogen-bond acceptors (Lipinski definition) is 4. The number of H-pyrrole nitrogens is 1. The molecule has 0 fully saturated rings. The third-order valence-corrected chi connectivity index (χ3v) is 5.00. The zero-order valence-electron chi connectivity index (χ0n) is 16.2. The summed E-state index contributed by atoms with van der Waals surface area (Å²) in [5.74, 6) is 1.93. The summed E-state index contributed by atoms with van der Waals surface area (Å²) in [6.07, 6.45) is 3.59. The number of hydrogen-bond donors (Lipinski definition) is 2. The number of fused-ring (bicyclic) bond motifs is 1. The van der Waals surface area contributed by atoms with Crippen LogP contribution in [0.25, 0.3) is 22.3 Å². The van der Waals surface area contributed by atoms with Gasteiger partial charge in [0.2, 0.25) is 0 Å². The average Bonchev–Trinajstić information content (AvgIpc) is 3.44. The van der Waals surface area contributed by atoms with Crippen molar-refractivity contribution in [3.8, 4) is 22.9 Å². The number of nitrogens with one attached hydrogen (secondary N) is 1. The van der Waals surface area contributed by atoms with Crippen LogP contribution in [0.1, 0.15) is 11.1 Å². The van der Waals surface area contributed by atoms with E-state index in [1.165, 1.54) is 5.56 Å². The fourth-order valence-corrected chi connectivity index (χ4v) is 3.53. The molecule has 6 heteroatoms. The van der Waals surface area contributed by atoms with Crippen molar-refractivity contribution < 1.29 is 9.84 Å². The van der Waals surface area contributed by atoms with Gasteiger partial charge in [0.25, 0.3) is 0 Å². The summed E-state index contributed by atoms with van der Waals surface area (Å²) < 4.78 is 7.93. The van der Waals surface area contributed by atoms with E-state index in [1.54, 1.807) is 6.33 Å². The summed E-state index contributed by atoms with van der Waals surface area (Å²) >= 11 is 0. The molecule has 0 aliphatic heterocycles. The number of rotatable bonds is 6. The molecule has 0 atom stereocenters. The van der Waals surface area contributed by atoms with Crippen LogP contribution in [0.15, 0.2) is 85.3 Å². The molecule has 0 aliphatic rings. The van der Waals surface area contributed by atoms with Gasteiger partial charge in [0.05, 0.1) is 13.2 Å². The first-order chi connectivity index (χ1) is 14.8. The third-order valence-electron chi connectivity index (χ3n) is 5.00. The van der Waals surface area contributed by atoms with Crippen LogP contribution in [-0.2, 0) is 13.2 Å². The van der Waals surface area contributed by atoms with Crippen molar-refractivity contribution in [2.45, 2.75) is 13.2 Å². The van der Waals surface area contributed by atoms with Crippen LogP contribution in [0.3, 0.4) is 0 Å².